The number of urea groups is 1. The number of amides is 2. The fourth-order valence-electron chi connectivity index (χ4n) is 2.48. The summed E-state index contributed by atoms with van der Waals surface area (Å²) < 4.78 is 7.80. The number of nitrogens with zero attached hydrogens (tertiary/aromatic N) is 4. The van der Waals surface area contributed by atoms with Gasteiger partial charge < -0.3 is 15.4 Å². The molecule has 140 valence electrons. The topological polar surface area (TPSA) is 103 Å². The quantitative estimate of drug-likeness (QED) is 0.686. The molecule has 3 aromatic rings. The third-order valence-electron chi connectivity index (χ3n) is 3.89. The van der Waals surface area contributed by atoms with Gasteiger partial charge in [0, 0.05) is 25.5 Å². The van der Waals surface area contributed by atoms with Gasteiger partial charge in [0.15, 0.2) is 5.82 Å². The number of ether oxygens (including phenoxy) is 1. The molecule has 1 aromatic carbocycles. The molecular weight excluding hydrogens is 348 g/mol. The van der Waals surface area contributed by atoms with Crippen LogP contribution >= 0.6 is 0 Å². The largest absolute Gasteiger partial charge is 0.497 e. The maximum Gasteiger partial charge on any atom is 0.346 e. The number of benzene rings is 1. The van der Waals surface area contributed by atoms with E-state index in [4.69, 9.17) is 4.74 Å². The number of pyridine rings is 1. The maximum absolute atomic E-state index is 12.3. The fraction of sp³-hybridized carbons (Fsp3) is 0.222. The van der Waals surface area contributed by atoms with E-state index in [9.17, 15) is 9.59 Å². The van der Waals surface area contributed by atoms with E-state index in [1.807, 2.05) is 6.07 Å². The summed E-state index contributed by atoms with van der Waals surface area (Å²) in [5.74, 6) is 1.18. The molecule has 3 rings (SSSR count). The third kappa shape index (κ3) is 4.32. The van der Waals surface area contributed by atoms with Crippen LogP contribution in [0.2, 0.25) is 0 Å². The van der Waals surface area contributed by atoms with Crippen LogP contribution in [0, 0.1) is 0 Å². The molecule has 0 spiro atoms. The summed E-state index contributed by atoms with van der Waals surface area (Å²) in [6, 6.07) is 12.0. The minimum absolute atomic E-state index is 0.246. The van der Waals surface area contributed by atoms with E-state index in [0.717, 1.165) is 0 Å². The van der Waals surface area contributed by atoms with Gasteiger partial charge in [0.25, 0.3) is 0 Å². The standard InChI is InChI=1S/C18H20N6O3/c1-23-16(15-5-3-4-10-19-15)22-24(18(23)26)12-11-20-17(25)21-13-6-8-14(27-2)9-7-13/h3-10H,11-12H2,1-2H3,(H2,20,21,25). The van der Waals surface area contributed by atoms with E-state index in [1.165, 1.54) is 9.25 Å². The zero-order valence-corrected chi connectivity index (χ0v) is 15.0. The summed E-state index contributed by atoms with van der Waals surface area (Å²) in [6.07, 6.45) is 1.64. The lowest BCUT2D eigenvalue weighted by molar-refractivity contribution is 0.251. The second kappa shape index (κ2) is 8.17. The van der Waals surface area contributed by atoms with Crippen LogP contribution in [-0.2, 0) is 13.6 Å². The first-order chi connectivity index (χ1) is 13.1. The van der Waals surface area contributed by atoms with E-state index < -0.39 is 0 Å². The Bertz CT molecular complexity index is 963. The number of methoxy groups -OCH3 is 1. The van der Waals surface area contributed by atoms with Gasteiger partial charge >= 0.3 is 11.7 Å². The number of carbonyl (C=O) groups is 1. The van der Waals surface area contributed by atoms with Crippen LogP contribution < -0.4 is 21.1 Å². The van der Waals surface area contributed by atoms with Crippen LogP contribution in [0.3, 0.4) is 0 Å². The number of hydrogen-bond donors (Lipinski definition) is 2. The van der Waals surface area contributed by atoms with Gasteiger partial charge in [0.2, 0.25) is 0 Å². The van der Waals surface area contributed by atoms with E-state index >= 15 is 0 Å². The van der Waals surface area contributed by atoms with Gasteiger partial charge in [0.05, 0.1) is 13.7 Å². The molecule has 0 aliphatic carbocycles. The van der Waals surface area contributed by atoms with Crippen LogP contribution in [0.15, 0.2) is 53.5 Å². The molecule has 27 heavy (non-hydrogen) atoms. The molecule has 0 aliphatic heterocycles. The Labute approximate surface area is 155 Å². The average Bonchev–Trinajstić information content (AvgIpc) is 2.98. The van der Waals surface area contributed by atoms with E-state index in [-0.39, 0.29) is 24.8 Å². The predicted molar refractivity (Wildman–Crippen MR) is 101 cm³/mol. The van der Waals surface area contributed by atoms with Gasteiger partial charge in [-0.15, -0.1) is 5.10 Å². The Morgan fingerprint density at radius 1 is 1.19 bits per heavy atom. The van der Waals surface area contributed by atoms with Crippen LogP contribution in [0.5, 0.6) is 5.75 Å². The zero-order chi connectivity index (χ0) is 19.2. The zero-order valence-electron chi connectivity index (χ0n) is 15.0. The van der Waals surface area contributed by atoms with Crippen LogP contribution in [0.4, 0.5) is 10.5 Å². The molecule has 0 unspecified atom stereocenters. The average molecular weight is 368 g/mol. The molecule has 2 aromatic heterocycles. The second-order valence-electron chi connectivity index (χ2n) is 5.71. The van der Waals surface area contributed by atoms with Gasteiger partial charge in [0.1, 0.15) is 11.4 Å². The van der Waals surface area contributed by atoms with Gasteiger partial charge in [-0.25, -0.2) is 14.3 Å². The van der Waals surface area contributed by atoms with Crippen molar-refractivity contribution in [3.8, 4) is 17.3 Å². The number of anilines is 1. The Hall–Kier alpha value is -3.62. The van der Waals surface area contributed by atoms with Crippen molar-refractivity contribution in [1.82, 2.24) is 24.6 Å². The first-order valence-electron chi connectivity index (χ1n) is 8.32. The summed E-state index contributed by atoms with van der Waals surface area (Å²) in [5, 5.41) is 9.70. The molecule has 0 bridgehead atoms. The van der Waals surface area contributed by atoms with Crippen molar-refractivity contribution in [2.75, 3.05) is 19.0 Å². The van der Waals surface area contributed by atoms with Gasteiger partial charge in [-0.2, -0.15) is 0 Å². The lowest BCUT2D eigenvalue weighted by atomic mass is 10.3. The molecule has 0 saturated heterocycles. The minimum Gasteiger partial charge on any atom is -0.497 e. The third-order valence-corrected chi connectivity index (χ3v) is 3.89. The van der Waals surface area contributed by atoms with Crippen molar-refractivity contribution in [3.05, 3.63) is 59.1 Å². The van der Waals surface area contributed by atoms with Gasteiger partial charge in [-0.05, 0) is 36.4 Å². The fourth-order valence-corrected chi connectivity index (χ4v) is 2.48. The molecule has 9 nitrogen and oxygen atoms in total. The molecule has 0 atom stereocenters. The first kappa shape index (κ1) is 18.2. The number of carbonyl (C=O) groups excluding carboxylic acids is 1. The van der Waals surface area contributed by atoms with Crippen molar-refractivity contribution >= 4 is 11.7 Å². The first-order valence-corrected chi connectivity index (χ1v) is 8.32. The molecule has 0 saturated carbocycles. The number of rotatable bonds is 6. The Morgan fingerprint density at radius 3 is 2.63 bits per heavy atom. The van der Waals surface area contributed by atoms with Crippen molar-refractivity contribution in [3.63, 3.8) is 0 Å². The van der Waals surface area contributed by atoms with Crippen molar-refractivity contribution in [2.24, 2.45) is 7.05 Å². The molecule has 0 radical (unpaired) electrons. The maximum atomic E-state index is 12.3. The molecule has 2 heterocycles. The van der Waals surface area contributed by atoms with Crippen molar-refractivity contribution in [2.45, 2.75) is 6.54 Å². The summed E-state index contributed by atoms with van der Waals surface area (Å²) in [7, 11) is 3.22. The summed E-state index contributed by atoms with van der Waals surface area (Å²) in [5.41, 5.74) is 0.981. The second-order valence-corrected chi connectivity index (χ2v) is 5.71. The predicted octanol–water partition coefficient (Wildman–Crippen LogP) is 1.47. The smallest absolute Gasteiger partial charge is 0.346 e. The molecule has 0 fully saturated rings. The molecule has 2 N–H and O–H groups in total. The molecule has 0 aliphatic rings. The summed E-state index contributed by atoms with van der Waals surface area (Å²) in [6.45, 7) is 0.496. The Morgan fingerprint density at radius 2 is 1.96 bits per heavy atom. The molecule has 9 heteroatoms. The van der Waals surface area contributed by atoms with Crippen molar-refractivity contribution < 1.29 is 9.53 Å². The van der Waals surface area contributed by atoms with E-state index in [0.29, 0.717) is 23.0 Å². The van der Waals surface area contributed by atoms with Crippen molar-refractivity contribution in [1.29, 1.82) is 0 Å². The number of aromatic nitrogens is 4. The summed E-state index contributed by atoms with van der Waals surface area (Å²) in [4.78, 5) is 28.5. The van der Waals surface area contributed by atoms with E-state index in [2.05, 4.69) is 20.7 Å². The normalized spacial score (nSPS) is 10.4. The highest BCUT2D eigenvalue weighted by Gasteiger charge is 2.12. The lowest BCUT2D eigenvalue weighted by Crippen LogP contribution is -2.34. The monoisotopic (exact) mass is 368 g/mol. The van der Waals surface area contributed by atoms with Gasteiger partial charge in [-0.1, -0.05) is 6.07 Å². The Balaban J connectivity index is 1.57. The van der Waals surface area contributed by atoms with Gasteiger partial charge in [-0.3, -0.25) is 9.55 Å². The highest BCUT2D eigenvalue weighted by atomic mass is 16.5. The molecular formula is C18H20N6O3. The molecule has 2 amide bonds. The van der Waals surface area contributed by atoms with Crippen LogP contribution in [0.1, 0.15) is 0 Å². The van der Waals surface area contributed by atoms with E-state index in [1.54, 1.807) is 56.8 Å². The SMILES string of the molecule is COc1ccc(NC(=O)NCCn2nc(-c3ccccn3)n(C)c2=O)cc1. The lowest BCUT2D eigenvalue weighted by Gasteiger charge is -2.08. The summed E-state index contributed by atoms with van der Waals surface area (Å²) >= 11 is 0. The van der Waals surface area contributed by atoms with Crippen LogP contribution in [-0.4, -0.2) is 39.0 Å². The highest BCUT2D eigenvalue weighted by molar-refractivity contribution is 5.89. The number of nitrogens with one attached hydrogen (secondary N) is 2. The minimum atomic E-state index is -0.367. The van der Waals surface area contributed by atoms with Crippen LogP contribution in [0.25, 0.3) is 11.5 Å². The highest BCUT2D eigenvalue weighted by Crippen LogP contribution is 2.14. The Kier molecular flexibility index (Phi) is 5.50. The number of hydrogen-bond acceptors (Lipinski definition) is 5.